The summed E-state index contributed by atoms with van der Waals surface area (Å²) in [7, 11) is 0. The Morgan fingerprint density at radius 3 is 2.39 bits per heavy atom. The van der Waals surface area contributed by atoms with E-state index in [0.717, 1.165) is 54.0 Å². The molecule has 0 radical (unpaired) electrons. The quantitative estimate of drug-likeness (QED) is 0.334. The first-order valence-corrected chi connectivity index (χ1v) is 13.2. The van der Waals surface area contributed by atoms with Crippen LogP contribution in [0, 0.1) is 18.2 Å². The van der Waals surface area contributed by atoms with Gasteiger partial charge in [-0.1, -0.05) is 26.0 Å². The van der Waals surface area contributed by atoms with E-state index in [-0.39, 0.29) is 29.7 Å². The number of carbonyl (C=O) groups excluding carboxylic acids is 1. The number of anilines is 1. The summed E-state index contributed by atoms with van der Waals surface area (Å²) < 4.78 is 24.4. The lowest BCUT2D eigenvalue weighted by molar-refractivity contribution is -0.146. The Bertz CT molecular complexity index is 1230. The molecule has 2 aromatic heterocycles. The van der Waals surface area contributed by atoms with E-state index >= 15 is 0 Å². The lowest BCUT2D eigenvalue weighted by Crippen LogP contribution is -2.38. The second kappa shape index (κ2) is 11.9. The van der Waals surface area contributed by atoms with Gasteiger partial charge in [-0.3, -0.25) is 9.78 Å². The minimum Gasteiger partial charge on any atom is -0.476 e. The average molecular weight is 521 g/mol. The molecule has 4 rings (SSSR count). The van der Waals surface area contributed by atoms with Gasteiger partial charge in [0.25, 0.3) is 0 Å². The highest BCUT2D eigenvalue weighted by Crippen LogP contribution is 2.39. The smallest absolute Gasteiger partial charge is 0.310 e. The number of rotatable bonds is 9. The summed E-state index contributed by atoms with van der Waals surface area (Å²) in [6.45, 7) is 12.4. The van der Waals surface area contributed by atoms with Crippen molar-refractivity contribution in [1.29, 1.82) is 0 Å². The molecule has 3 aromatic rings. The fourth-order valence-electron chi connectivity index (χ4n) is 4.63. The number of pyridine rings is 1. The normalized spacial score (nSPS) is 15.0. The Morgan fingerprint density at radius 1 is 1.05 bits per heavy atom. The van der Waals surface area contributed by atoms with Crippen LogP contribution in [0.2, 0.25) is 0 Å². The third-order valence-corrected chi connectivity index (χ3v) is 6.94. The highest BCUT2D eigenvalue weighted by atomic mass is 19.1. The van der Waals surface area contributed by atoms with Gasteiger partial charge in [0.1, 0.15) is 5.82 Å². The van der Waals surface area contributed by atoms with Crippen LogP contribution in [0.25, 0.3) is 11.3 Å². The van der Waals surface area contributed by atoms with E-state index in [1.165, 1.54) is 12.1 Å². The Labute approximate surface area is 224 Å². The van der Waals surface area contributed by atoms with E-state index in [4.69, 9.17) is 9.47 Å². The predicted molar refractivity (Wildman–Crippen MR) is 146 cm³/mol. The van der Waals surface area contributed by atoms with E-state index in [1.54, 1.807) is 24.5 Å². The van der Waals surface area contributed by atoms with Crippen molar-refractivity contribution in [3.63, 3.8) is 0 Å². The van der Waals surface area contributed by atoms with Crippen LogP contribution in [0.4, 0.5) is 10.1 Å². The molecule has 3 heterocycles. The number of aryl methyl sites for hydroxylation is 1. The summed E-state index contributed by atoms with van der Waals surface area (Å²) in [4.78, 5) is 28.8. The Balaban J connectivity index is 1.58. The van der Waals surface area contributed by atoms with Crippen molar-refractivity contribution in [2.24, 2.45) is 5.41 Å². The second-order valence-corrected chi connectivity index (χ2v) is 10.9. The fraction of sp³-hybridized carbons (Fsp3) is 0.467. The Kier molecular flexibility index (Phi) is 8.59. The van der Waals surface area contributed by atoms with E-state index in [0.29, 0.717) is 24.6 Å². The van der Waals surface area contributed by atoms with Gasteiger partial charge in [0.05, 0.1) is 42.9 Å². The van der Waals surface area contributed by atoms with Crippen molar-refractivity contribution in [3.05, 3.63) is 65.5 Å². The zero-order valence-corrected chi connectivity index (χ0v) is 23.0. The zero-order chi connectivity index (χ0) is 27.3. The average Bonchev–Trinajstić information content (AvgIpc) is 2.87. The molecule has 202 valence electrons. The SMILES string of the molecule is Cc1ncc(-c2cnc(OCCc3ccc(F)cc3)cn2)c(N2CCC(C)(C)CC2)c1CC(=O)OC(C)C. The molecule has 0 N–H and O–H groups in total. The van der Waals surface area contributed by atoms with Gasteiger partial charge < -0.3 is 14.4 Å². The van der Waals surface area contributed by atoms with Gasteiger partial charge in [0, 0.05) is 42.5 Å². The number of aromatic nitrogens is 3. The molecule has 0 bridgehead atoms. The summed E-state index contributed by atoms with van der Waals surface area (Å²) in [6.07, 6.45) is 7.82. The molecule has 7 nitrogen and oxygen atoms in total. The van der Waals surface area contributed by atoms with Crippen molar-refractivity contribution in [2.45, 2.75) is 66.4 Å². The molecule has 0 aliphatic carbocycles. The topological polar surface area (TPSA) is 77.4 Å². The Hall–Kier alpha value is -3.55. The fourth-order valence-corrected chi connectivity index (χ4v) is 4.63. The second-order valence-electron chi connectivity index (χ2n) is 10.9. The van der Waals surface area contributed by atoms with Crippen molar-refractivity contribution in [2.75, 3.05) is 24.6 Å². The minimum atomic E-state index is -0.267. The summed E-state index contributed by atoms with van der Waals surface area (Å²) >= 11 is 0. The molecule has 0 spiro atoms. The number of esters is 1. The Morgan fingerprint density at radius 2 is 1.76 bits per heavy atom. The molecule has 0 atom stereocenters. The van der Waals surface area contributed by atoms with Crippen molar-refractivity contribution in [1.82, 2.24) is 15.0 Å². The molecule has 0 amide bonds. The number of ether oxygens (including phenoxy) is 2. The van der Waals surface area contributed by atoms with Gasteiger partial charge in [-0.25, -0.2) is 14.4 Å². The zero-order valence-electron chi connectivity index (χ0n) is 23.0. The van der Waals surface area contributed by atoms with Gasteiger partial charge >= 0.3 is 5.97 Å². The maximum absolute atomic E-state index is 13.1. The van der Waals surface area contributed by atoms with E-state index in [2.05, 4.69) is 33.7 Å². The third-order valence-electron chi connectivity index (χ3n) is 6.94. The van der Waals surface area contributed by atoms with Crippen LogP contribution >= 0.6 is 0 Å². The number of halogens is 1. The van der Waals surface area contributed by atoms with Crippen LogP contribution in [0.15, 0.2) is 42.9 Å². The summed E-state index contributed by atoms with van der Waals surface area (Å²) in [6, 6.07) is 6.37. The summed E-state index contributed by atoms with van der Waals surface area (Å²) in [5.74, 6) is -0.108. The van der Waals surface area contributed by atoms with Crippen molar-refractivity contribution in [3.8, 4) is 17.1 Å². The third kappa shape index (κ3) is 7.05. The first-order valence-electron chi connectivity index (χ1n) is 13.2. The summed E-state index contributed by atoms with van der Waals surface area (Å²) in [5, 5.41) is 0. The number of nitrogens with zero attached hydrogens (tertiary/aromatic N) is 4. The van der Waals surface area contributed by atoms with E-state index in [1.807, 2.05) is 27.0 Å². The molecule has 0 saturated carbocycles. The van der Waals surface area contributed by atoms with Crippen LogP contribution in [0.1, 0.15) is 57.4 Å². The molecule has 38 heavy (non-hydrogen) atoms. The van der Waals surface area contributed by atoms with Crippen molar-refractivity contribution >= 4 is 11.7 Å². The molecule has 8 heteroatoms. The first-order chi connectivity index (χ1) is 18.1. The van der Waals surface area contributed by atoms with Gasteiger partial charge in [-0.2, -0.15) is 0 Å². The largest absolute Gasteiger partial charge is 0.476 e. The molecular weight excluding hydrogens is 483 g/mol. The molecule has 1 aliphatic rings. The minimum absolute atomic E-state index is 0.151. The van der Waals surface area contributed by atoms with Crippen LogP contribution in [0.5, 0.6) is 5.88 Å². The van der Waals surface area contributed by atoms with E-state index in [9.17, 15) is 9.18 Å². The van der Waals surface area contributed by atoms with Crippen LogP contribution in [-0.4, -0.2) is 46.7 Å². The maximum Gasteiger partial charge on any atom is 0.310 e. The number of hydrogen-bond donors (Lipinski definition) is 0. The van der Waals surface area contributed by atoms with E-state index < -0.39 is 0 Å². The lowest BCUT2D eigenvalue weighted by Gasteiger charge is -2.40. The number of carbonyl (C=O) groups is 1. The van der Waals surface area contributed by atoms with Gasteiger partial charge in [0.2, 0.25) is 5.88 Å². The molecular formula is C30H37FN4O3. The highest BCUT2D eigenvalue weighted by Gasteiger charge is 2.30. The van der Waals surface area contributed by atoms with Gasteiger partial charge in [0.15, 0.2) is 0 Å². The standard InChI is InChI=1S/C30H37FN4O3/c1-20(2)38-28(36)16-24-21(3)32-17-25(29(24)35-13-11-30(4,5)12-14-35)26-18-34-27(19-33-26)37-15-10-22-6-8-23(31)9-7-22/h6-9,17-20H,10-16H2,1-5H3. The predicted octanol–water partition coefficient (Wildman–Crippen LogP) is 5.73. The first kappa shape index (κ1) is 27.5. The lowest BCUT2D eigenvalue weighted by atomic mass is 9.82. The molecule has 1 saturated heterocycles. The van der Waals surface area contributed by atoms with Crippen LogP contribution in [-0.2, 0) is 22.4 Å². The summed E-state index contributed by atoms with van der Waals surface area (Å²) in [5.41, 5.74) is 5.43. The molecule has 1 aromatic carbocycles. The molecule has 1 fully saturated rings. The van der Waals surface area contributed by atoms with Crippen LogP contribution < -0.4 is 9.64 Å². The van der Waals surface area contributed by atoms with Crippen molar-refractivity contribution < 1.29 is 18.7 Å². The number of piperidine rings is 1. The highest BCUT2D eigenvalue weighted by molar-refractivity contribution is 5.83. The maximum atomic E-state index is 13.1. The van der Waals surface area contributed by atoms with Gasteiger partial charge in [-0.05, 0) is 56.7 Å². The number of benzene rings is 1. The van der Waals surface area contributed by atoms with Gasteiger partial charge in [-0.15, -0.1) is 0 Å². The number of hydrogen-bond acceptors (Lipinski definition) is 7. The van der Waals surface area contributed by atoms with Crippen LogP contribution in [0.3, 0.4) is 0 Å². The molecule has 0 unspecified atom stereocenters. The molecule has 1 aliphatic heterocycles. The monoisotopic (exact) mass is 520 g/mol.